The molecule has 0 atom stereocenters. The van der Waals surface area contributed by atoms with Crippen molar-refractivity contribution in [3.8, 4) is 0 Å². The normalized spacial score (nSPS) is 10.6. The van der Waals surface area contributed by atoms with Crippen LogP contribution in [-0.4, -0.2) is 45.7 Å². The van der Waals surface area contributed by atoms with Crippen molar-refractivity contribution in [2.45, 2.75) is 26.2 Å². The van der Waals surface area contributed by atoms with Crippen LogP contribution < -0.4 is 0 Å². The lowest BCUT2D eigenvalue weighted by Crippen LogP contribution is -2.29. The van der Waals surface area contributed by atoms with Crippen LogP contribution in [0.1, 0.15) is 42.4 Å². The third-order valence-electron chi connectivity index (χ3n) is 2.45. The molecule has 0 saturated heterocycles. The second-order valence-electron chi connectivity index (χ2n) is 4.23. The second kappa shape index (κ2) is 5.47. The minimum Gasteiger partial charge on any atom is -0.481 e. The first-order valence-electron chi connectivity index (χ1n) is 5.44. The molecular weight excluding hydrogens is 222 g/mol. The summed E-state index contributed by atoms with van der Waals surface area (Å²) >= 11 is 0. The summed E-state index contributed by atoms with van der Waals surface area (Å²) in [6.07, 6.45) is -0.0658. The summed E-state index contributed by atoms with van der Waals surface area (Å²) in [5, 5.41) is 15.2. The van der Waals surface area contributed by atoms with E-state index in [9.17, 15) is 9.59 Å². The molecule has 6 nitrogen and oxygen atoms in total. The minimum atomic E-state index is -0.922. The van der Waals surface area contributed by atoms with Crippen LogP contribution in [0, 0.1) is 0 Å². The van der Waals surface area contributed by atoms with Crippen LogP contribution in [0.3, 0.4) is 0 Å². The lowest BCUT2D eigenvalue weighted by molar-refractivity contribution is -0.137. The van der Waals surface area contributed by atoms with Gasteiger partial charge in [-0.15, -0.1) is 0 Å². The highest BCUT2D eigenvalue weighted by molar-refractivity contribution is 5.92. The summed E-state index contributed by atoms with van der Waals surface area (Å²) in [7, 11) is 1.56. The monoisotopic (exact) mass is 239 g/mol. The van der Waals surface area contributed by atoms with Crippen LogP contribution >= 0.6 is 0 Å². The molecule has 17 heavy (non-hydrogen) atoms. The first-order valence-corrected chi connectivity index (χ1v) is 5.44. The summed E-state index contributed by atoms with van der Waals surface area (Å²) in [5.74, 6) is -0.919. The summed E-state index contributed by atoms with van der Waals surface area (Å²) in [5.41, 5.74) is 1.21. The molecule has 0 fully saturated rings. The van der Waals surface area contributed by atoms with Crippen molar-refractivity contribution in [3.63, 3.8) is 0 Å². The average Bonchev–Trinajstić information content (AvgIpc) is 2.73. The lowest BCUT2D eigenvalue weighted by Gasteiger charge is -2.13. The van der Waals surface area contributed by atoms with Crippen LogP contribution in [0.15, 0.2) is 6.07 Å². The standard InChI is InChI=1S/C11H17N3O3/c1-7(2)8-6-9(13-12-8)11(17)14(3)5-4-10(15)16/h6-7H,4-5H2,1-3H3,(H,12,13)(H,15,16). The van der Waals surface area contributed by atoms with Gasteiger partial charge in [0.1, 0.15) is 5.69 Å². The Hall–Kier alpha value is -1.85. The summed E-state index contributed by atoms with van der Waals surface area (Å²) in [6, 6.07) is 1.70. The minimum absolute atomic E-state index is 0.0658. The van der Waals surface area contributed by atoms with Gasteiger partial charge in [0.05, 0.1) is 6.42 Å². The van der Waals surface area contributed by atoms with Gasteiger partial charge >= 0.3 is 5.97 Å². The predicted molar refractivity (Wildman–Crippen MR) is 61.9 cm³/mol. The van der Waals surface area contributed by atoms with Crippen LogP contribution in [0.25, 0.3) is 0 Å². The van der Waals surface area contributed by atoms with Gasteiger partial charge in [0.2, 0.25) is 0 Å². The molecule has 1 rings (SSSR count). The molecule has 0 spiro atoms. The number of hydrogen-bond acceptors (Lipinski definition) is 3. The number of amides is 1. The molecule has 0 bridgehead atoms. The number of aliphatic carboxylic acids is 1. The van der Waals surface area contributed by atoms with Crippen LogP contribution in [0.2, 0.25) is 0 Å². The number of nitrogens with zero attached hydrogens (tertiary/aromatic N) is 2. The maximum Gasteiger partial charge on any atom is 0.305 e. The van der Waals surface area contributed by atoms with Crippen molar-refractivity contribution in [3.05, 3.63) is 17.5 Å². The van der Waals surface area contributed by atoms with Gasteiger partial charge in [0, 0.05) is 19.3 Å². The molecule has 0 saturated carbocycles. The zero-order chi connectivity index (χ0) is 13.0. The Balaban J connectivity index is 2.64. The number of carbonyl (C=O) groups excluding carboxylic acids is 1. The Bertz CT molecular complexity index is 412. The molecule has 0 unspecified atom stereocenters. The van der Waals surface area contributed by atoms with E-state index in [0.29, 0.717) is 5.69 Å². The fourth-order valence-corrected chi connectivity index (χ4v) is 1.30. The van der Waals surface area contributed by atoms with E-state index in [1.54, 1.807) is 13.1 Å². The van der Waals surface area contributed by atoms with Crippen molar-refractivity contribution in [2.75, 3.05) is 13.6 Å². The first kappa shape index (κ1) is 13.2. The Morgan fingerprint density at radius 3 is 2.65 bits per heavy atom. The Labute approximate surface area is 99.6 Å². The van der Waals surface area contributed by atoms with E-state index in [2.05, 4.69) is 10.2 Å². The second-order valence-corrected chi connectivity index (χ2v) is 4.23. The van der Waals surface area contributed by atoms with Gasteiger partial charge in [0.25, 0.3) is 5.91 Å². The molecule has 6 heteroatoms. The maximum atomic E-state index is 11.8. The SMILES string of the molecule is CC(C)c1cc(C(=O)N(C)CCC(=O)O)n[nH]1. The Kier molecular flexibility index (Phi) is 4.25. The van der Waals surface area contributed by atoms with Crippen LogP contribution in [0.5, 0.6) is 0 Å². The van der Waals surface area contributed by atoms with Gasteiger partial charge in [0.15, 0.2) is 0 Å². The zero-order valence-corrected chi connectivity index (χ0v) is 10.2. The van der Waals surface area contributed by atoms with Gasteiger partial charge in [-0.1, -0.05) is 13.8 Å². The highest BCUT2D eigenvalue weighted by Crippen LogP contribution is 2.12. The highest BCUT2D eigenvalue weighted by atomic mass is 16.4. The van der Waals surface area contributed by atoms with E-state index >= 15 is 0 Å². The molecule has 0 aliphatic carbocycles. The Morgan fingerprint density at radius 2 is 2.18 bits per heavy atom. The number of carboxylic acids is 1. The molecule has 0 aliphatic rings. The van der Waals surface area contributed by atoms with Gasteiger partial charge < -0.3 is 10.0 Å². The quantitative estimate of drug-likeness (QED) is 0.805. The van der Waals surface area contributed by atoms with Gasteiger partial charge in [-0.25, -0.2) is 0 Å². The largest absolute Gasteiger partial charge is 0.481 e. The first-order chi connectivity index (χ1) is 7.91. The van der Waals surface area contributed by atoms with E-state index in [-0.39, 0.29) is 24.8 Å². The van der Waals surface area contributed by atoms with Crippen molar-refractivity contribution in [2.24, 2.45) is 0 Å². The summed E-state index contributed by atoms with van der Waals surface area (Å²) in [6.45, 7) is 4.17. The van der Waals surface area contributed by atoms with E-state index in [1.807, 2.05) is 13.8 Å². The molecule has 1 aromatic rings. The molecule has 0 aliphatic heterocycles. The average molecular weight is 239 g/mol. The van der Waals surface area contributed by atoms with Crippen LogP contribution in [-0.2, 0) is 4.79 Å². The number of aromatic amines is 1. The number of rotatable bonds is 5. The summed E-state index contributed by atoms with van der Waals surface area (Å²) in [4.78, 5) is 23.6. The number of carboxylic acid groups (broad SMARTS) is 1. The summed E-state index contributed by atoms with van der Waals surface area (Å²) < 4.78 is 0. The van der Waals surface area contributed by atoms with Crippen molar-refractivity contribution >= 4 is 11.9 Å². The number of nitrogens with one attached hydrogen (secondary N) is 1. The molecule has 1 amide bonds. The smallest absolute Gasteiger partial charge is 0.305 e. The predicted octanol–water partition coefficient (Wildman–Crippen LogP) is 1.08. The number of carbonyl (C=O) groups is 2. The van der Waals surface area contributed by atoms with E-state index < -0.39 is 5.97 Å². The molecule has 2 N–H and O–H groups in total. The lowest BCUT2D eigenvalue weighted by atomic mass is 10.1. The number of H-pyrrole nitrogens is 1. The third-order valence-corrected chi connectivity index (χ3v) is 2.45. The number of hydrogen-bond donors (Lipinski definition) is 2. The van der Waals surface area contributed by atoms with Gasteiger partial charge in [-0.3, -0.25) is 14.7 Å². The molecular formula is C11H17N3O3. The zero-order valence-electron chi connectivity index (χ0n) is 10.2. The highest BCUT2D eigenvalue weighted by Gasteiger charge is 2.16. The molecule has 0 aromatic carbocycles. The fraction of sp³-hybridized carbons (Fsp3) is 0.545. The van der Waals surface area contributed by atoms with E-state index in [0.717, 1.165) is 5.69 Å². The molecule has 0 radical (unpaired) electrons. The third kappa shape index (κ3) is 3.58. The topological polar surface area (TPSA) is 86.3 Å². The van der Waals surface area contributed by atoms with E-state index in [4.69, 9.17) is 5.11 Å². The van der Waals surface area contributed by atoms with E-state index in [1.165, 1.54) is 4.90 Å². The molecule has 1 heterocycles. The van der Waals surface area contributed by atoms with Crippen molar-refractivity contribution < 1.29 is 14.7 Å². The molecule has 1 aromatic heterocycles. The number of aromatic nitrogens is 2. The fourth-order valence-electron chi connectivity index (χ4n) is 1.30. The van der Waals surface area contributed by atoms with Crippen molar-refractivity contribution in [1.82, 2.24) is 15.1 Å². The maximum absolute atomic E-state index is 11.8. The van der Waals surface area contributed by atoms with Crippen LogP contribution in [0.4, 0.5) is 0 Å². The van der Waals surface area contributed by atoms with Crippen molar-refractivity contribution in [1.29, 1.82) is 0 Å². The van der Waals surface area contributed by atoms with Gasteiger partial charge in [-0.05, 0) is 12.0 Å². The Morgan fingerprint density at radius 1 is 1.53 bits per heavy atom. The molecule has 94 valence electrons. The van der Waals surface area contributed by atoms with Gasteiger partial charge in [-0.2, -0.15) is 5.10 Å².